The third-order valence-electron chi connectivity index (χ3n) is 4.03. The predicted molar refractivity (Wildman–Crippen MR) is 82.6 cm³/mol. The van der Waals surface area contributed by atoms with Crippen LogP contribution in [-0.4, -0.2) is 17.4 Å². The highest BCUT2D eigenvalue weighted by molar-refractivity contribution is 5.95. The van der Waals surface area contributed by atoms with Gasteiger partial charge in [0.05, 0.1) is 10.6 Å². The van der Waals surface area contributed by atoms with E-state index in [9.17, 15) is 14.9 Å². The zero-order valence-electron chi connectivity index (χ0n) is 12.7. The molecule has 0 bridgehead atoms. The number of aryl methyl sites for hydroxylation is 1. The van der Waals surface area contributed by atoms with Gasteiger partial charge in [0, 0.05) is 19.0 Å². The van der Waals surface area contributed by atoms with Crippen molar-refractivity contribution in [1.29, 1.82) is 0 Å². The van der Waals surface area contributed by atoms with Crippen LogP contribution in [0.15, 0.2) is 12.1 Å². The van der Waals surface area contributed by atoms with Crippen LogP contribution in [0.4, 0.5) is 17.1 Å². The molecule has 1 heterocycles. The van der Waals surface area contributed by atoms with Crippen molar-refractivity contribution < 1.29 is 9.72 Å². The van der Waals surface area contributed by atoms with Crippen LogP contribution >= 0.6 is 0 Å². The van der Waals surface area contributed by atoms with Gasteiger partial charge in [-0.05, 0) is 29.9 Å². The molecular formula is C15H21N3O3. The first-order valence-corrected chi connectivity index (χ1v) is 7.17. The second kappa shape index (κ2) is 5.71. The summed E-state index contributed by atoms with van der Waals surface area (Å²) in [5.41, 5.74) is 2.09. The van der Waals surface area contributed by atoms with E-state index >= 15 is 0 Å². The van der Waals surface area contributed by atoms with Crippen LogP contribution in [0.2, 0.25) is 0 Å². The van der Waals surface area contributed by atoms with E-state index in [0.717, 1.165) is 12.0 Å². The Balaban J connectivity index is 2.31. The summed E-state index contributed by atoms with van der Waals surface area (Å²) in [4.78, 5) is 22.2. The van der Waals surface area contributed by atoms with Crippen LogP contribution in [0.3, 0.4) is 0 Å². The van der Waals surface area contributed by atoms with Crippen molar-refractivity contribution in [3.63, 3.8) is 0 Å². The molecule has 0 saturated heterocycles. The van der Waals surface area contributed by atoms with E-state index in [4.69, 9.17) is 0 Å². The predicted octanol–water partition coefficient (Wildman–Crippen LogP) is 3.33. The summed E-state index contributed by atoms with van der Waals surface area (Å²) in [7, 11) is 0. The number of carbonyl (C=O) groups excluding carboxylic acids is 1. The normalized spacial score (nSPS) is 14.3. The van der Waals surface area contributed by atoms with Crippen molar-refractivity contribution in [3.8, 4) is 0 Å². The van der Waals surface area contributed by atoms with Gasteiger partial charge in [0.2, 0.25) is 5.91 Å². The topological polar surface area (TPSA) is 84.3 Å². The Morgan fingerprint density at radius 3 is 2.71 bits per heavy atom. The Morgan fingerprint density at radius 1 is 1.38 bits per heavy atom. The molecule has 1 aromatic carbocycles. The molecule has 0 aromatic heterocycles. The van der Waals surface area contributed by atoms with Crippen LogP contribution in [0.1, 0.15) is 39.2 Å². The molecule has 2 rings (SSSR count). The lowest BCUT2D eigenvalue weighted by Crippen LogP contribution is -2.23. The highest BCUT2D eigenvalue weighted by Gasteiger charge is 2.24. The van der Waals surface area contributed by atoms with E-state index in [2.05, 4.69) is 31.4 Å². The number of amides is 1. The van der Waals surface area contributed by atoms with Gasteiger partial charge in [-0.15, -0.1) is 0 Å². The van der Waals surface area contributed by atoms with Crippen LogP contribution in [-0.2, 0) is 11.2 Å². The Hall–Kier alpha value is -2.11. The molecule has 2 N–H and O–H groups in total. The molecule has 0 aliphatic carbocycles. The maximum Gasteiger partial charge on any atom is 0.294 e. The summed E-state index contributed by atoms with van der Waals surface area (Å²) >= 11 is 0. The van der Waals surface area contributed by atoms with Crippen LogP contribution in [0.5, 0.6) is 0 Å². The van der Waals surface area contributed by atoms with Gasteiger partial charge >= 0.3 is 0 Å². The highest BCUT2D eigenvalue weighted by Crippen LogP contribution is 2.35. The zero-order valence-corrected chi connectivity index (χ0v) is 12.7. The third kappa shape index (κ3) is 3.51. The number of hydrogen-bond acceptors (Lipinski definition) is 4. The molecule has 21 heavy (non-hydrogen) atoms. The lowest BCUT2D eigenvalue weighted by Gasteiger charge is -2.24. The Labute approximate surface area is 124 Å². The largest absolute Gasteiger partial charge is 0.379 e. The molecule has 6 heteroatoms. The molecule has 0 fully saturated rings. The second-order valence-electron chi connectivity index (χ2n) is 6.20. The summed E-state index contributed by atoms with van der Waals surface area (Å²) in [6.45, 7) is 6.99. The van der Waals surface area contributed by atoms with E-state index < -0.39 is 4.92 Å². The zero-order chi connectivity index (χ0) is 15.6. The van der Waals surface area contributed by atoms with Gasteiger partial charge < -0.3 is 10.6 Å². The first-order valence-electron chi connectivity index (χ1n) is 7.17. The number of nitro groups is 1. The van der Waals surface area contributed by atoms with Gasteiger partial charge in [0.15, 0.2) is 0 Å². The summed E-state index contributed by atoms with van der Waals surface area (Å²) < 4.78 is 0. The van der Waals surface area contributed by atoms with Crippen molar-refractivity contribution in [2.45, 2.75) is 40.0 Å². The molecular weight excluding hydrogens is 270 g/mol. The number of nitro benzene ring substituents is 1. The Bertz CT molecular complexity index is 582. The van der Waals surface area contributed by atoms with Crippen molar-refractivity contribution in [3.05, 3.63) is 27.8 Å². The monoisotopic (exact) mass is 291 g/mol. The molecule has 0 saturated carbocycles. The minimum Gasteiger partial charge on any atom is -0.379 e. The molecule has 0 spiro atoms. The van der Waals surface area contributed by atoms with Crippen LogP contribution in [0, 0.1) is 15.5 Å². The molecule has 1 aliphatic rings. The van der Waals surface area contributed by atoms with Crippen LogP contribution in [0.25, 0.3) is 0 Å². The standard InChI is InChI=1S/C15H21N3O3/c1-4-15(2,3)9-16-12-7-10-5-6-14(19)17-11(10)8-13(12)18(20)21/h7-8,16H,4-6,9H2,1-3H3,(H,17,19). The molecule has 1 aliphatic heterocycles. The van der Waals surface area contributed by atoms with Crippen LogP contribution < -0.4 is 10.6 Å². The lowest BCUT2D eigenvalue weighted by molar-refractivity contribution is -0.383. The van der Waals surface area contributed by atoms with E-state index in [-0.39, 0.29) is 17.0 Å². The summed E-state index contributed by atoms with van der Waals surface area (Å²) in [6, 6.07) is 3.24. The molecule has 114 valence electrons. The molecule has 6 nitrogen and oxygen atoms in total. The molecule has 0 atom stereocenters. The summed E-state index contributed by atoms with van der Waals surface area (Å²) in [6.07, 6.45) is 2.02. The molecule has 0 unspecified atom stereocenters. The van der Waals surface area contributed by atoms with Crippen molar-refractivity contribution in [1.82, 2.24) is 0 Å². The van der Waals surface area contributed by atoms with Gasteiger partial charge in [-0.1, -0.05) is 20.8 Å². The van der Waals surface area contributed by atoms with Gasteiger partial charge in [-0.25, -0.2) is 0 Å². The van der Waals surface area contributed by atoms with E-state index in [0.29, 0.717) is 30.8 Å². The first kappa shape index (κ1) is 15.3. The first-order chi connectivity index (χ1) is 9.82. The lowest BCUT2D eigenvalue weighted by atomic mass is 9.90. The number of carbonyl (C=O) groups is 1. The van der Waals surface area contributed by atoms with E-state index in [1.807, 2.05) is 0 Å². The molecule has 1 amide bonds. The summed E-state index contributed by atoms with van der Waals surface area (Å²) in [5.74, 6) is -0.0929. The van der Waals surface area contributed by atoms with E-state index in [1.165, 1.54) is 6.07 Å². The average Bonchev–Trinajstić information content (AvgIpc) is 2.44. The SMILES string of the molecule is CCC(C)(C)CNc1cc2c(cc1[N+](=O)[O-])NC(=O)CC2. The molecule has 1 aromatic rings. The maximum atomic E-state index is 11.4. The van der Waals surface area contributed by atoms with E-state index in [1.54, 1.807) is 6.07 Å². The van der Waals surface area contributed by atoms with Gasteiger partial charge in [-0.3, -0.25) is 14.9 Å². The maximum absolute atomic E-state index is 11.4. The number of benzene rings is 1. The fourth-order valence-corrected chi connectivity index (χ4v) is 2.17. The summed E-state index contributed by atoms with van der Waals surface area (Å²) in [5, 5.41) is 17.1. The average molecular weight is 291 g/mol. The number of fused-ring (bicyclic) bond motifs is 1. The van der Waals surface area contributed by atoms with Gasteiger partial charge in [0.1, 0.15) is 5.69 Å². The Kier molecular flexibility index (Phi) is 4.16. The fourth-order valence-electron chi connectivity index (χ4n) is 2.17. The van der Waals surface area contributed by atoms with Gasteiger partial charge in [0.25, 0.3) is 5.69 Å². The second-order valence-corrected chi connectivity index (χ2v) is 6.20. The number of nitrogens with one attached hydrogen (secondary N) is 2. The fraction of sp³-hybridized carbons (Fsp3) is 0.533. The third-order valence-corrected chi connectivity index (χ3v) is 4.03. The van der Waals surface area contributed by atoms with Gasteiger partial charge in [-0.2, -0.15) is 0 Å². The number of nitrogens with zero attached hydrogens (tertiary/aromatic N) is 1. The molecule has 0 radical (unpaired) electrons. The highest BCUT2D eigenvalue weighted by atomic mass is 16.6. The minimum atomic E-state index is -0.414. The van der Waals surface area contributed by atoms with Crippen molar-refractivity contribution in [2.75, 3.05) is 17.2 Å². The van der Waals surface area contributed by atoms with Crippen molar-refractivity contribution >= 4 is 23.0 Å². The minimum absolute atomic E-state index is 0.00264. The Morgan fingerprint density at radius 2 is 2.10 bits per heavy atom. The number of hydrogen-bond donors (Lipinski definition) is 2. The number of anilines is 2. The number of rotatable bonds is 5. The quantitative estimate of drug-likeness (QED) is 0.643. The smallest absolute Gasteiger partial charge is 0.294 e. The van der Waals surface area contributed by atoms with Crippen molar-refractivity contribution in [2.24, 2.45) is 5.41 Å².